The molecule has 0 unspecified atom stereocenters. The van der Waals surface area contributed by atoms with E-state index in [2.05, 4.69) is 27.9 Å². The van der Waals surface area contributed by atoms with E-state index < -0.39 is 0 Å². The van der Waals surface area contributed by atoms with Crippen molar-refractivity contribution in [2.24, 2.45) is 0 Å². The number of amides is 2. The summed E-state index contributed by atoms with van der Waals surface area (Å²) in [5, 5.41) is 10.5. The number of hydrogen-bond acceptors (Lipinski definition) is 3. The van der Waals surface area contributed by atoms with Crippen LogP contribution in [0.25, 0.3) is 27.9 Å². The largest absolute Gasteiger partial charge is 0.355 e. The molecule has 2 N–H and O–H groups in total. The van der Waals surface area contributed by atoms with E-state index >= 15 is 0 Å². The number of hydrogen-bond donors (Lipinski definition) is 2. The average Bonchev–Trinajstić information content (AvgIpc) is 3.64. The van der Waals surface area contributed by atoms with Gasteiger partial charge in [-0.15, -0.1) is 0 Å². The van der Waals surface area contributed by atoms with E-state index in [9.17, 15) is 14.0 Å². The lowest BCUT2D eigenvalue weighted by atomic mass is 10.0. The Bertz CT molecular complexity index is 1670. The van der Waals surface area contributed by atoms with Crippen LogP contribution in [0.3, 0.4) is 0 Å². The van der Waals surface area contributed by atoms with Gasteiger partial charge in [0, 0.05) is 24.4 Å². The van der Waals surface area contributed by atoms with Crippen molar-refractivity contribution in [1.82, 2.24) is 20.2 Å². The van der Waals surface area contributed by atoms with Crippen molar-refractivity contribution in [3.8, 4) is 22.4 Å². The molecule has 0 aliphatic heterocycles. The molecule has 0 radical (unpaired) electrons. The zero-order chi connectivity index (χ0) is 26.3. The summed E-state index contributed by atoms with van der Waals surface area (Å²) in [7, 11) is 1.56. The number of carbonyl (C=O) groups excluding carboxylic acids is 2. The van der Waals surface area contributed by atoms with E-state index in [4.69, 9.17) is 0 Å². The minimum Gasteiger partial charge on any atom is -0.355 e. The third-order valence-corrected chi connectivity index (χ3v) is 7.09. The predicted molar refractivity (Wildman–Crippen MR) is 144 cm³/mol. The van der Waals surface area contributed by atoms with Gasteiger partial charge in [0.05, 0.1) is 16.6 Å². The SMILES string of the molecule is CNC(=O)c1c(-c2ccc(F)cc2)nn2ccc(-c3cccc(C(=O)NC4(c5ccccc5)CC4)c3)cc12. The number of nitrogens with one attached hydrogen (secondary N) is 2. The molecule has 1 fully saturated rings. The van der Waals surface area contributed by atoms with Gasteiger partial charge in [0.15, 0.2) is 0 Å². The summed E-state index contributed by atoms with van der Waals surface area (Å²) in [6.45, 7) is 0. The van der Waals surface area contributed by atoms with Crippen LogP contribution in [-0.4, -0.2) is 28.5 Å². The molecule has 1 aliphatic carbocycles. The van der Waals surface area contributed by atoms with Gasteiger partial charge in [0.1, 0.15) is 11.5 Å². The molecule has 6 nitrogen and oxygen atoms in total. The van der Waals surface area contributed by atoms with Crippen molar-refractivity contribution in [2.75, 3.05) is 7.05 Å². The van der Waals surface area contributed by atoms with Crippen LogP contribution in [-0.2, 0) is 5.54 Å². The monoisotopic (exact) mass is 504 g/mol. The third kappa shape index (κ3) is 4.22. The number of pyridine rings is 1. The second-order valence-corrected chi connectivity index (χ2v) is 9.54. The maximum Gasteiger partial charge on any atom is 0.255 e. The highest BCUT2D eigenvalue weighted by atomic mass is 19.1. The third-order valence-electron chi connectivity index (χ3n) is 7.09. The second-order valence-electron chi connectivity index (χ2n) is 9.54. The number of rotatable bonds is 6. The van der Waals surface area contributed by atoms with Crippen LogP contribution in [0, 0.1) is 5.82 Å². The molecular formula is C31H25FN4O2. The van der Waals surface area contributed by atoms with E-state index in [1.165, 1.54) is 12.1 Å². The standard InChI is InChI=1S/C31H25FN4O2/c1-33-30(38)27-26-19-22(14-17-36(26)35-28(27)20-10-12-25(32)13-11-20)21-6-5-7-23(18-21)29(37)34-31(15-16-31)24-8-3-2-4-9-24/h2-14,17-19H,15-16H2,1H3,(H,33,38)(H,34,37). The van der Waals surface area contributed by atoms with Crippen LogP contribution in [0.1, 0.15) is 39.1 Å². The van der Waals surface area contributed by atoms with Crippen molar-refractivity contribution < 1.29 is 14.0 Å². The van der Waals surface area contributed by atoms with Crippen LogP contribution in [0.2, 0.25) is 0 Å². The second kappa shape index (κ2) is 9.27. The lowest BCUT2D eigenvalue weighted by Crippen LogP contribution is -2.34. The van der Waals surface area contributed by atoms with Crippen LogP contribution in [0.5, 0.6) is 0 Å². The molecule has 1 saturated carbocycles. The minimum atomic E-state index is -0.360. The number of halogens is 1. The van der Waals surface area contributed by atoms with Gasteiger partial charge in [0.2, 0.25) is 0 Å². The van der Waals surface area contributed by atoms with Crippen molar-refractivity contribution in [2.45, 2.75) is 18.4 Å². The van der Waals surface area contributed by atoms with E-state index in [1.54, 1.807) is 36.0 Å². The van der Waals surface area contributed by atoms with E-state index in [1.807, 2.05) is 48.5 Å². The van der Waals surface area contributed by atoms with Gasteiger partial charge in [-0.05, 0) is 78.1 Å². The molecule has 0 atom stereocenters. The van der Waals surface area contributed by atoms with Crippen LogP contribution < -0.4 is 10.6 Å². The fourth-order valence-electron chi connectivity index (χ4n) is 4.88. The molecular weight excluding hydrogens is 479 g/mol. The number of benzene rings is 3. The maximum atomic E-state index is 13.5. The van der Waals surface area contributed by atoms with Crippen molar-refractivity contribution in [3.05, 3.63) is 120 Å². The highest BCUT2D eigenvalue weighted by Crippen LogP contribution is 2.45. The molecule has 5 aromatic rings. The molecule has 1 aliphatic rings. The highest BCUT2D eigenvalue weighted by Gasteiger charge is 2.45. The van der Waals surface area contributed by atoms with Gasteiger partial charge < -0.3 is 10.6 Å². The Hall–Kier alpha value is -4.78. The predicted octanol–water partition coefficient (Wildman–Crippen LogP) is 5.59. The van der Waals surface area contributed by atoms with Gasteiger partial charge in [-0.1, -0.05) is 42.5 Å². The van der Waals surface area contributed by atoms with Gasteiger partial charge in [-0.3, -0.25) is 9.59 Å². The molecule has 6 rings (SSSR count). The molecule has 0 saturated heterocycles. The fourth-order valence-corrected chi connectivity index (χ4v) is 4.88. The number of fused-ring (bicyclic) bond motifs is 1. The Morgan fingerprint density at radius 2 is 1.58 bits per heavy atom. The molecule has 2 aromatic heterocycles. The van der Waals surface area contributed by atoms with E-state index in [0.717, 1.165) is 29.5 Å². The summed E-state index contributed by atoms with van der Waals surface area (Å²) >= 11 is 0. The van der Waals surface area contributed by atoms with Gasteiger partial charge >= 0.3 is 0 Å². The van der Waals surface area contributed by atoms with Crippen LogP contribution in [0.15, 0.2) is 97.2 Å². The number of carbonyl (C=O) groups is 2. The molecule has 38 heavy (non-hydrogen) atoms. The lowest BCUT2D eigenvalue weighted by Gasteiger charge is -2.18. The normalized spacial score (nSPS) is 13.7. The van der Waals surface area contributed by atoms with E-state index in [0.29, 0.717) is 27.9 Å². The molecule has 0 spiro atoms. The van der Waals surface area contributed by atoms with E-state index in [-0.39, 0.29) is 23.2 Å². The molecule has 7 heteroatoms. The van der Waals surface area contributed by atoms with Crippen molar-refractivity contribution in [3.63, 3.8) is 0 Å². The summed E-state index contributed by atoms with van der Waals surface area (Å²) < 4.78 is 15.1. The van der Waals surface area contributed by atoms with Gasteiger partial charge in [0.25, 0.3) is 11.8 Å². The first-order valence-electron chi connectivity index (χ1n) is 12.5. The Balaban J connectivity index is 1.35. The maximum absolute atomic E-state index is 13.5. The molecule has 2 heterocycles. The summed E-state index contributed by atoms with van der Waals surface area (Å²) in [6, 6.07) is 27.2. The summed E-state index contributed by atoms with van der Waals surface area (Å²) in [6.07, 6.45) is 3.61. The van der Waals surface area contributed by atoms with Gasteiger partial charge in [-0.25, -0.2) is 8.91 Å². The first-order chi connectivity index (χ1) is 18.5. The quantitative estimate of drug-likeness (QED) is 0.317. The summed E-state index contributed by atoms with van der Waals surface area (Å²) in [5.74, 6) is -0.773. The first-order valence-corrected chi connectivity index (χ1v) is 12.5. The Morgan fingerprint density at radius 3 is 2.29 bits per heavy atom. The summed E-state index contributed by atoms with van der Waals surface area (Å²) in [5.41, 5.74) is 5.18. The smallest absolute Gasteiger partial charge is 0.255 e. The van der Waals surface area contributed by atoms with Crippen LogP contribution >= 0.6 is 0 Å². The molecule has 3 aromatic carbocycles. The Labute approximate surface area is 219 Å². The highest BCUT2D eigenvalue weighted by molar-refractivity contribution is 6.07. The van der Waals surface area contributed by atoms with Gasteiger partial charge in [-0.2, -0.15) is 5.10 Å². The average molecular weight is 505 g/mol. The van der Waals surface area contributed by atoms with Crippen molar-refractivity contribution >= 4 is 17.3 Å². The molecule has 2 amide bonds. The van der Waals surface area contributed by atoms with Crippen LogP contribution in [0.4, 0.5) is 4.39 Å². The zero-order valence-corrected chi connectivity index (χ0v) is 20.7. The summed E-state index contributed by atoms with van der Waals surface area (Å²) in [4.78, 5) is 26.1. The zero-order valence-electron chi connectivity index (χ0n) is 20.7. The lowest BCUT2D eigenvalue weighted by molar-refractivity contribution is 0.0929. The fraction of sp³-hybridized carbons (Fsp3) is 0.129. The Morgan fingerprint density at radius 1 is 0.842 bits per heavy atom. The first kappa shape index (κ1) is 23.6. The topological polar surface area (TPSA) is 75.5 Å². The number of aromatic nitrogens is 2. The van der Waals surface area contributed by atoms with Crippen molar-refractivity contribution in [1.29, 1.82) is 0 Å². The molecule has 188 valence electrons. The minimum absolute atomic E-state index is 0.122. The molecule has 0 bridgehead atoms. The number of nitrogens with zero attached hydrogens (tertiary/aromatic N) is 2. The Kier molecular flexibility index (Phi) is 5.76.